The number of Topliss-reactive ketones (excluding diaryl/α,β-unsaturated/α-hetero) is 1. The van der Waals surface area contributed by atoms with Crippen LogP contribution in [0.4, 0.5) is 5.69 Å². The minimum atomic E-state index is -1.31. The molecule has 0 spiro atoms. The summed E-state index contributed by atoms with van der Waals surface area (Å²) < 4.78 is 0. The number of allylic oxidation sites excluding steroid dienone is 2. The molecule has 5 nitrogen and oxygen atoms in total. The summed E-state index contributed by atoms with van der Waals surface area (Å²) in [7, 11) is 0. The number of anilines is 1. The number of carbonyl (C=O) groups excluding carboxylic acids is 4. The molecule has 0 aliphatic heterocycles. The summed E-state index contributed by atoms with van der Waals surface area (Å²) in [5, 5.41) is 2.62. The molecule has 2 rings (SSSR count). The first-order chi connectivity index (χ1) is 10.4. The first-order valence-corrected chi connectivity index (χ1v) is 7.10. The Balaban J connectivity index is 2.27. The summed E-state index contributed by atoms with van der Waals surface area (Å²) in [6.07, 6.45) is 3.19. The van der Waals surface area contributed by atoms with Crippen molar-refractivity contribution in [3.05, 3.63) is 41.5 Å². The van der Waals surface area contributed by atoms with E-state index in [4.69, 9.17) is 0 Å². The Morgan fingerprint density at radius 2 is 1.77 bits per heavy atom. The predicted molar refractivity (Wildman–Crippen MR) is 81.5 cm³/mol. The van der Waals surface area contributed by atoms with Crippen molar-refractivity contribution in [2.75, 3.05) is 5.32 Å². The van der Waals surface area contributed by atoms with Gasteiger partial charge in [-0.2, -0.15) is 0 Å². The molecule has 1 aliphatic rings. The van der Waals surface area contributed by atoms with Crippen molar-refractivity contribution in [2.45, 2.75) is 26.7 Å². The maximum atomic E-state index is 12.2. The minimum Gasteiger partial charge on any atom is -0.325 e. The molecule has 1 aliphatic carbocycles. The van der Waals surface area contributed by atoms with Crippen LogP contribution >= 0.6 is 0 Å². The molecule has 22 heavy (non-hydrogen) atoms. The SMILES string of the molecule is CCc1ccc(CC(C)=O)c(NC(=O)C2C(=O)C=CC2=O)c1. The van der Waals surface area contributed by atoms with Crippen molar-refractivity contribution in [1.82, 2.24) is 0 Å². The van der Waals surface area contributed by atoms with Gasteiger partial charge in [-0.1, -0.05) is 19.1 Å². The highest BCUT2D eigenvalue weighted by molar-refractivity contribution is 6.31. The number of rotatable bonds is 5. The molecule has 0 saturated carbocycles. The Morgan fingerprint density at radius 1 is 1.14 bits per heavy atom. The molecule has 1 N–H and O–H groups in total. The van der Waals surface area contributed by atoms with E-state index in [-0.39, 0.29) is 12.2 Å². The first kappa shape index (κ1) is 15.8. The van der Waals surface area contributed by atoms with Crippen LogP contribution in [-0.4, -0.2) is 23.3 Å². The van der Waals surface area contributed by atoms with Gasteiger partial charge in [-0.3, -0.25) is 19.2 Å². The Morgan fingerprint density at radius 3 is 2.32 bits per heavy atom. The van der Waals surface area contributed by atoms with Gasteiger partial charge >= 0.3 is 0 Å². The van der Waals surface area contributed by atoms with Gasteiger partial charge in [0.25, 0.3) is 0 Å². The highest BCUT2D eigenvalue weighted by atomic mass is 16.2. The van der Waals surface area contributed by atoms with E-state index in [2.05, 4.69) is 5.32 Å². The average Bonchev–Trinajstić information content (AvgIpc) is 2.79. The number of hydrogen-bond donors (Lipinski definition) is 1. The normalized spacial score (nSPS) is 14.5. The second-order valence-corrected chi connectivity index (χ2v) is 5.28. The highest BCUT2D eigenvalue weighted by Crippen LogP contribution is 2.21. The largest absolute Gasteiger partial charge is 0.325 e. The molecule has 0 unspecified atom stereocenters. The van der Waals surface area contributed by atoms with Crippen molar-refractivity contribution in [3.8, 4) is 0 Å². The molecule has 1 aromatic rings. The zero-order valence-corrected chi connectivity index (χ0v) is 12.5. The van der Waals surface area contributed by atoms with Crippen molar-refractivity contribution >= 4 is 28.9 Å². The lowest BCUT2D eigenvalue weighted by molar-refractivity contribution is -0.133. The minimum absolute atomic E-state index is 0.0329. The van der Waals surface area contributed by atoms with Crippen LogP contribution in [0.5, 0.6) is 0 Å². The molecule has 114 valence electrons. The summed E-state index contributed by atoms with van der Waals surface area (Å²) in [4.78, 5) is 46.7. The molecule has 0 aromatic heterocycles. The number of aryl methyl sites for hydroxylation is 1. The zero-order valence-electron chi connectivity index (χ0n) is 12.5. The molecule has 0 bridgehead atoms. The number of ketones is 3. The lowest BCUT2D eigenvalue weighted by Crippen LogP contribution is -2.31. The summed E-state index contributed by atoms with van der Waals surface area (Å²) in [5.41, 5.74) is 2.14. The Hall–Kier alpha value is -2.56. The van der Waals surface area contributed by atoms with E-state index in [9.17, 15) is 19.2 Å². The summed E-state index contributed by atoms with van der Waals surface area (Å²) >= 11 is 0. The maximum absolute atomic E-state index is 12.2. The Labute approximate surface area is 128 Å². The number of hydrogen-bond acceptors (Lipinski definition) is 4. The number of amides is 1. The van der Waals surface area contributed by atoms with Gasteiger partial charge in [0.15, 0.2) is 17.5 Å². The van der Waals surface area contributed by atoms with Crippen molar-refractivity contribution in [3.63, 3.8) is 0 Å². The second-order valence-electron chi connectivity index (χ2n) is 5.28. The third-order valence-corrected chi connectivity index (χ3v) is 3.52. The first-order valence-electron chi connectivity index (χ1n) is 7.10. The van der Waals surface area contributed by atoms with Crippen LogP contribution in [0.3, 0.4) is 0 Å². The summed E-state index contributed by atoms with van der Waals surface area (Å²) in [6.45, 7) is 3.44. The van der Waals surface area contributed by atoms with Gasteiger partial charge in [-0.15, -0.1) is 0 Å². The van der Waals surface area contributed by atoms with Crippen LogP contribution in [-0.2, 0) is 32.0 Å². The summed E-state index contributed by atoms with van der Waals surface area (Å²) in [5.74, 6) is -3.02. The molecular weight excluding hydrogens is 282 g/mol. The third-order valence-electron chi connectivity index (χ3n) is 3.52. The van der Waals surface area contributed by atoms with Gasteiger partial charge in [0.05, 0.1) is 0 Å². The zero-order chi connectivity index (χ0) is 16.3. The van der Waals surface area contributed by atoms with Gasteiger partial charge in [-0.25, -0.2) is 0 Å². The fourth-order valence-electron chi connectivity index (χ4n) is 2.34. The van der Waals surface area contributed by atoms with Gasteiger partial charge in [0.2, 0.25) is 5.91 Å². The second kappa shape index (κ2) is 6.47. The molecule has 0 fully saturated rings. The van der Waals surface area contributed by atoms with E-state index in [1.165, 1.54) is 6.92 Å². The molecule has 5 heteroatoms. The monoisotopic (exact) mass is 299 g/mol. The fraction of sp³-hybridized carbons (Fsp3) is 0.294. The fourth-order valence-corrected chi connectivity index (χ4v) is 2.34. The van der Waals surface area contributed by atoms with E-state index in [0.29, 0.717) is 11.3 Å². The summed E-state index contributed by atoms with van der Waals surface area (Å²) in [6, 6.07) is 5.45. The topological polar surface area (TPSA) is 80.3 Å². The standard InChI is InChI=1S/C17H17NO4/c1-3-11-4-5-12(8-10(2)19)13(9-11)18-17(22)16-14(20)6-7-15(16)21/h4-7,9,16H,3,8H2,1-2H3,(H,18,22). The average molecular weight is 299 g/mol. The van der Waals surface area contributed by atoms with Gasteiger partial charge in [0.1, 0.15) is 5.78 Å². The number of benzene rings is 1. The van der Waals surface area contributed by atoms with Crippen LogP contribution in [0.2, 0.25) is 0 Å². The Bertz CT molecular complexity index is 670. The molecular formula is C17H17NO4. The van der Waals surface area contributed by atoms with Crippen LogP contribution < -0.4 is 5.32 Å². The quantitative estimate of drug-likeness (QED) is 0.838. The van der Waals surface area contributed by atoms with Crippen molar-refractivity contribution in [1.29, 1.82) is 0 Å². The lowest BCUT2D eigenvalue weighted by atomic mass is 10.0. The van der Waals surface area contributed by atoms with E-state index in [0.717, 1.165) is 24.1 Å². The molecule has 0 heterocycles. The molecule has 0 radical (unpaired) electrons. The van der Waals surface area contributed by atoms with E-state index in [1.807, 2.05) is 13.0 Å². The molecule has 0 atom stereocenters. The number of carbonyl (C=O) groups is 4. The molecule has 1 amide bonds. The van der Waals surface area contributed by atoms with E-state index >= 15 is 0 Å². The molecule has 1 aromatic carbocycles. The van der Waals surface area contributed by atoms with Gasteiger partial charge in [-0.05, 0) is 42.7 Å². The van der Waals surface area contributed by atoms with Crippen LogP contribution in [0.15, 0.2) is 30.4 Å². The van der Waals surface area contributed by atoms with Crippen LogP contribution in [0.1, 0.15) is 25.0 Å². The van der Waals surface area contributed by atoms with Crippen LogP contribution in [0, 0.1) is 5.92 Å². The highest BCUT2D eigenvalue weighted by Gasteiger charge is 2.35. The molecule has 0 saturated heterocycles. The predicted octanol–water partition coefficient (Wildman–Crippen LogP) is 1.64. The van der Waals surface area contributed by atoms with Gasteiger partial charge in [0, 0.05) is 12.1 Å². The third kappa shape index (κ3) is 3.36. The lowest BCUT2D eigenvalue weighted by Gasteiger charge is -2.14. The Kier molecular flexibility index (Phi) is 4.65. The van der Waals surface area contributed by atoms with Crippen molar-refractivity contribution < 1.29 is 19.2 Å². The van der Waals surface area contributed by atoms with Gasteiger partial charge < -0.3 is 5.32 Å². The van der Waals surface area contributed by atoms with Crippen LogP contribution in [0.25, 0.3) is 0 Å². The van der Waals surface area contributed by atoms with E-state index in [1.54, 1.807) is 12.1 Å². The van der Waals surface area contributed by atoms with Crippen molar-refractivity contribution in [2.24, 2.45) is 5.92 Å². The smallest absolute Gasteiger partial charge is 0.243 e. The van der Waals surface area contributed by atoms with E-state index < -0.39 is 23.4 Å². The maximum Gasteiger partial charge on any atom is 0.243 e. The number of nitrogens with one attached hydrogen (secondary N) is 1.